The van der Waals surface area contributed by atoms with Gasteiger partial charge in [-0.3, -0.25) is 9.69 Å². The lowest BCUT2D eigenvalue weighted by molar-refractivity contribution is 0.0920. The predicted molar refractivity (Wildman–Crippen MR) is 86.1 cm³/mol. The Morgan fingerprint density at radius 1 is 1.13 bits per heavy atom. The van der Waals surface area contributed by atoms with Gasteiger partial charge in [0.2, 0.25) is 0 Å². The van der Waals surface area contributed by atoms with Gasteiger partial charge in [0.05, 0.1) is 12.0 Å². The monoisotopic (exact) mass is 317 g/mol. The smallest absolute Gasteiger partial charge is 0.287 e. The minimum Gasteiger partial charge on any atom is -0.459 e. The van der Waals surface area contributed by atoms with Gasteiger partial charge in [-0.05, 0) is 24.3 Å². The Labute approximate surface area is 134 Å². The number of anilines is 1. The number of hydrogen-bond acceptors (Lipinski definition) is 4. The number of nitrogens with one attached hydrogen (secondary N) is 1. The zero-order chi connectivity index (χ0) is 16.1. The number of hydrogen-bond donors (Lipinski definition) is 1. The zero-order valence-electron chi connectivity index (χ0n) is 12.9. The standard InChI is InChI=1S/C17H20FN3O2/c18-14-4-1-2-5-15(14)21-11-9-20(10-12-21)8-7-19-17(22)16-6-3-13-23-16/h1-6,13H,7-12H2,(H,19,22). The Morgan fingerprint density at radius 2 is 1.91 bits per heavy atom. The summed E-state index contributed by atoms with van der Waals surface area (Å²) < 4.78 is 18.8. The molecule has 5 nitrogen and oxygen atoms in total. The molecule has 23 heavy (non-hydrogen) atoms. The Balaban J connectivity index is 1.41. The topological polar surface area (TPSA) is 48.7 Å². The van der Waals surface area contributed by atoms with E-state index in [4.69, 9.17) is 4.42 Å². The highest BCUT2D eigenvalue weighted by Crippen LogP contribution is 2.19. The van der Waals surface area contributed by atoms with Crippen LogP contribution in [0.4, 0.5) is 10.1 Å². The fraction of sp³-hybridized carbons (Fsp3) is 0.353. The molecule has 0 bridgehead atoms. The van der Waals surface area contributed by atoms with Crippen LogP contribution in [0.3, 0.4) is 0 Å². The van der Waals surface area contributed by atoms with Crippen molar-refractivity contribution in [2.24, 2.45) is 0 Å². The molecule has 1 fully saturated rings. The number of rotatable bonds is 5. The molecule has 1 aliphatic rings. The van der Waals surface area contributed by atoms with Gasteiger partial charge in [0.1, 0.15) is 5.82 Å². The molecule has 0 atom stereocenters. The fourth-order valence-electron chi connectivity index (χ4n) is 2.74. The van der Waals surface area contributed by atoms with Crippen LogP contribution in [0, 0.1) is 5.82 Å². The molecule has 1 N–H and O–H groups in total. The number of carbonyl (C=O) groups is 1. The van der Waals surface area contributed by atoms with E-state index in [0.29, 0.717) is 18.0 Å². The van der Waals surface area contributed by atoms with Crippen LogP contribution in [0.1, 0.15) is 10.6 Å². The van der Waals surface area contributed by atoms with Crippen molar-refractivity contribution in [1.82, 2.24) is 10.2 Å². The first-order valence-corrected chi connectivity index (χ1v) is 7.77. The molecule has 1 aromatic carbocycles. The number of furan rings is 1. The second kappa shape index (κ2) is 7.28. The minimum absolute atomic E-state index is 0.174. The number of carbonyl (C=O) groups excluding carboxylic acids is 1. The summed E-state index contributed by atoms with van der Waals surface area (Å²) in [5.74, 6) is -0.0407. The van der Waals surface area contributed by atoms with Crippen molar-refractivity contribution in [1.29, 1.82) is 0 Å². The van der Waals surface area contributed by atoms with Crippen molar-refractivity contribution in [2.75, 3.05) is 44.2 Å². The molecule has 0 saturated carbocycles. The Morgan fingerprint density at radius 3 is 2.61 bits per heavy atom. The first-order valence-electron chi connectivity index (χ1n) is 7.77. The molecule has 1 amide bonds. The van der Waals surface area contributed by atoms with E-state index in [1.165, 1.54) is 12.3 Å². The van der Waals surface area contributed by atoms with Crippen molar-refractivity contribution in [3.63, 3.8) is 0 Å². The van der Waals surface area contributed by atoms with Crippen LogP contribution in [-0.4, -0.2) is 50.1 Å². The summed E-state index contributed by atoms with van der Waals surface area (Å²) >= 11 is 0. The van der Waals surface area contributed by atoms with Crippen LogP contribution in [0.25, 0.3) is 0 Å². The Hall–Kier alpha value is -2.34. The zero-order valence-corrected chi connectivity index (χ0v) is 12.9. The lowest BCUT2D eigenvalue weighted by Crippen LogP contribution is -2.48. The largest absolute Gasteiger partial charge is 0.459 e. The van der Waals surface area contributed by atoms with E-state index in [-0.39, 0.29) is 11.7 Å². The van der Waals surface area contributed by atoms with Crippen LogP contribution in [0.5, 0.6) is 0 Å². The van der Waals surface area contributed by atoms with Gasteiger partial charge in [0, 0.05) is 39.3 Å². The summed E-state index contributed by atoms with van der Waals surface area (Å²) in [5, 5.41) is 2.84. The summed E-state index contributed by atoms with van der Waals surface area (Å²) in [4.78, 5) is 16.1. The number of amides is 1. The molecule has 0 unspecified atom stereocenters. The molecule has 0 spiro atoms. The number of nitrogens with zero attached hydrogens (tertiary/aromatic N) is 2. The summed E-state index contributed by atoms with van der Waals surface area (Å²) in [5.41, 5.74) is 0.665. The molecule has 1 aliphatic heterocycles. The minimum atomic E-state index is -0.194. The third-order valence-corrected chi connectivity index (χ3v) is 4.02. The molecule has 2 aromatic rings. The van der Waals surface area contributed by atoms with E-state index in [2.05, 4.69) is 15.1 Å². The lowest BCUT2D eigenvalue weighted by Gasteiger charge is -2.36. The van der Waals surface area contributed by atoms with E-state index < -0.39 is 0 Å². The third-order valence-electron chi connectivity index (χ3n) is 4.02. The maximum absolute atomic E-state index is 13.8. The van der Waals surface area contributed by atoms with Gasteiger partial charge in [-0.25, -0.2) is 4.39 Å². The first-order chi connectivity index (χ1) is 11.2. The van der Waals surface area contributed by atoms with Gasteiger partial charge in [0.15, 0.2) is 5.76 Å². The van der Waals surface area contributed by atoms with Crippen LogP contribution in [0.2, 0.25) is 0 Å². The van der Waals surface area contributed by atoms with Gasteiger partial charge in [-0.1, -0.05) is 12.1 Å². The van der Waals surface area contributed by atoms with Crippen molar-refractivity contribution < 1.29 is 13.6 Å². The van der Waals surface area contributed by atoms with E-state index in [0.717, 1.165) is 32.7 Å². The highest BCUT2D eigenvalue weighted by Gasteiger charge is 2.19. The van der Waals surface area contributed by atoms with E-state index >= 15 is 0 Å². The van der Waals surface area contributed by atoms with Gasteiger partial charge >= 0.3 is 0 Å². The SMILES string of the molecule is O=C(NCCN1CCN(c2ccccc2F)CC1)c1ccco1. The van der Waals surface area contributed by atoms with Gasteiger partial charge < -0.3 is 14.6 Å². The number of piperazine rings is 1. The Bertz CT molecular complexity index is 637. The van der Waals surface area contributed by atoms with Crippen LogP contribution in [-0.2, 0) is 0 Å². The molecule has 3 rings (SSSR count). The second-order valence-electron chi connectivity index (χ2n) is 5.51. The number of benzene rings is 1. The molecular formula is C17H20FN3O2. The highest BCUT2D eigenvalue weighted by atomic mass is 19.1. The van der Waals surface area contributed by atoms with Gasteiger partial charge in [-0.2, -0.15) is 0 Å². The molecule has 0 aliphatic carbocycles. The van der Waals surface area contributed by atoms with Gasteiger partial charge in [-0.15, -0.1) is 0 Å². The average Bonchev–Trinajstić information content (AvgIpc) is 3.11. The molecule has 1 aromatic heterocycles. The highest BCUT2D eigenvalue weighted by molar-refractivity contribution is 5.91. The third kappa shape index (κ3) is 3.90. The van der Waals surface area contributed by atoms with E-state index in [1.54, 1.807) is 18.2 Å². The molecule has 6 heteroatoms. The van der Waals surface area contributed by atoms with E-state index in [9.17, 15) is 9.18 Å². The van der Waals surface area contributed by atoms with Gasteiger partial charge in [0.25, 0.3) is 5.91 Å². The van der Waals surface area contributed by atoms with Crippen LogP contribution < -0.4 is 10.2 Å². The molecule has 1 saturated heterocycles. The molecular weight excluding hydrogens is 297 g/mol. The normalized spacial score (nSPS) is 15.6. The summed E-state index contributed by atoms with van der Waals surface area (Å²) in [6.45, 7) is 4.62. The molecule has 0 radical (unpaired) electrons. The van der Waals surface area contributed by atoms with Crippen molar-refractivity contribution in [3.8, 4) is 0 Å². The summed E-state index contributed by atoms with van der Waals surface area (Å²) in [6.07, 6.45) is 1.48. The van der Waals surface area contributed by atoms with Crippen molar-refractivity contribution >= 4 is 11.6 Å². The maximum Gasteiger partial charge on any atom is 0.287 e. The summed E-state index contributed by atoms with van der Waals surface area (Å²) in [6, 6.07) is 10.2. The van der Waals surface area contributed by atoms with Crippen LogP contribution >= 0.6 is 0 Å². The van der Waals surface area contributed by atoms with Crippen LogP contribution in [0.15, 0.2) is 47.1 Å². The average molecular weight is 317 g/mol. The quantitative estimate of drug-likeness (QED) is 0.916. The predicted octanol–water partition coefficient (Wildman–Crippen LogP) is 1.97. The molecule has 2 heterocycles. The summed E-state index contributed by atoms with van der Waals surface area (Å²) in [7, 11) is 0. The lowest BCUT2D eigenvalue weighted by atomic mass is 10.2. The fourth-order valence-corrected chi connectivity index (χ4v) is 2.74. The Kier molecular flexibility index (Phi) is 4.92. The number of para-hydroxylation sites is 1. The van der Waals surface area contributed by atoms with Crippen molar-refractivity contribution in [3.05, 3.63) is 54.2 Å². The van der Waals surface area contributed by atoms with Crippen molar-refractivity contribution in [2.45, 2.75) is 0 Å². The molecule has 122 valence electrons. The second-order valence-corrected chi connectivity index (χ2v) is 5.51. The first kappa shape index (κ1) is 15.6. The maximum atomic E-state index is 13.8. The number of halogens is 1. The van der Waals surface area contributed by atoms with E-state index in [1.807, 2.05) is 12.1 Å².